The molecule has 0 amide bonds. The summed E-state index contributed by atoms with van der Waals surface area (Å²) in [5, 5.41) is 18.9. The molecule has 2 bridgehead atoms. The first-order valence-corrected chi connectivity index (χ1v) is 15.7. The van der Waals surface area contributed by atoms with Crippen molar-refractivity contribution in [3.05, 3.63) is 108 Å². The Morgan fingerprint density at radius 1 is 0.600 bits per heavy atom. The molecule has 2 unspecified atom stereocenters. The van der Waals surface area contributed by atoms with Gasteiger partial charge in [-0.15, -0.1) is 0 Å². The number of hydrogen-bond donors (Lipinski definition) is 0. The van der Waals surface area contributed by atoms with Gasteiger partial charge in [-0.2, -0.15) is 10.5 Å². The Bertz CT molecular complexity index is 1870. The standard InChI is InChI=1S/C39H34N6/c1-25-13-28-14-26(2)19-39(18-25,20-28)35-11-9-30(10-12-35)31-6-4-8-33(17-31)37-43-36(32-7-3-5-27(15-32)21-40)44-38(45-37)34-16-29(22-41)23-42-24-34/h3-12,15-17,23-26,28H,13-14,18-20H2,1-2H3/t25-,26+,28?,39?. The number of aromatic nitrogens is 4. The molecule has 45 heavy (non-hydrogen) atoms. The Labute approximate surface area is 264 Å². The fraction of sp³-hybridized carbons (Fsp3) is 0.282. The highest BCUT2D eigenvalue weighted by Gasteiger charge is 2.45. The molecule has 2 fully saturated rings. The minimum atomic E-state index is 0.304. The van der Waals surface area contributed by atoms with Gasteiger partial charge in [-0.25, -0.2) is 15.0 Å². The van der Waals surface area contributed by atoms with Crippen LogP contribution >= 0.6 is 0 Å². The molecule has 0 radical (unpaired) electrons. The highest BCUT2D eigenvalue weighted by atomic mass is 15.0. The summed E-state index contributed by atoms with van der Waals surface area (Å²) in [5.41, 5.74) is 7.18. The van der Waals surface area contributed by atoms with Crippen LogP contribution in [0.5, 0.6) is 0 Å². The fourth-order valence-corrected chi connectivity index (χ4v) is 8.03. The zero-order valence-electron chi connectivity index (χ0n) is 25.6. The third-order valence-corrected chi connectivity index (χ3v) is 9.59. The van der Waals surface area contributed by atoms with Gasteiger partial charge in [0, 0.05) is 29.1 Å². The van der Waals surface area contributed by atoms with Crippen LogP contribution in [0.4, 0.5) is 0 Å². The van der Waals surface area contributed by atoms with E-state index >= 15 is 0 Å². The van der Waals surface area contributed by atoms with E-state index in [1.165, 1.54) is 43.9 Å². The van der Waals surface area contributed by atoms with Crippen LogP contribution in [0, 0.1) is 40.4 Å². The summed E-state index contributed by atoms with van der Waals surface area (Å²) in [4.78, 5) is 18.7. The minimum absolute atomic E-state index is 0.304. The topological polar surface area (TPSA) is 99.1 Å². The predicted octanol–water partition coefficient (Wildman–Crippen LogP) is 8.78. The largest absolute Gasteiger partial charge is 0.263 e. The Morgan fingerprint density at radius 3 is 1.84 bits per heavy atom. The van der Waals surface area contributed by atoms with Crippen LogP contribution in [-0.4, -0.2) is 19.9 Å². The average molecular weight is 587 g/mol. The first-order chi connectivity index (χ1) is 21.9. The zero-order valence-corrected chi connectivity index (χ0v) is 25.6. The minimum Gasteiger partial charge on any atom is -0.263 e. The van der Waals surface area contributed by atoms with Crippen LogP contribution in [0.15, 0.2) is 91.3 Å². The Balaban J connectivity index is 1.27. The monoisotopic (exact) mass is 586 g/mol. The van der Waals surface area contributed by atoms with Crippen molar-refractivity contribution >= 4 is 0 Å². The first kappa shape index (κ1) is 28.6. The molecule has 7 rings (SSSR count). The van der Waals surface area contributed by atoms with Crippen LogP contribution in [-0.2, 0) is 5.41 Å². The van der Waals surface area contributed by atoms with E-state index in [-0.39, 0.29) is 0 Å². The third-order valence-electron chi connectivity index (χ3n) is 9.59. The van der Waals surface area contributed by atoms with Crippen molar-refractivity contribution in [1.29, 1.82) is 10.5 Å². The molecule has 0 spiro atoms. The van der Waals surface area contributed by atoms with Crippen molar-refractivity contribution < 1.29 is 0 Å². The second kappa shape index (κ2) is 11.7. The van der Waals surface area contributed by atoms with Crippen molar-refractivity contribution in [3.8, 4) is 57.4 Å². The van der Waals surface area contributed by atoms with Gasteiger partial charge < -0.3 is 0 Å². The van der Waals surface area contributed by atoms with E-state index in [1.807, 2.05) is 24.3 Å². The van der Waals surface area contributed by atoms with Crippen molar-refractivity contribution in [1.82, 2.24) is 19.9 Å². The number of nitriles is 2. The van der Waals surface area contributed by atoms with E-state index in [9.17, 15) is 10.5 Å². The molecular weight excluding hydrogens is 552 g/mol. The molecule has 2 heterocycles. The lowest BCUT2D eigenvalue weighted by Gasteiger charge is -2.50. The second-order valence-corrected chi connectivity index (χ2v) is 13.2. The normalized spacial score (nSPS) is 22.3. The van der Waals surface area contributed by atoms with E-state index in [2.05, 4.69) is 67.4 Å². The summed E-state index contributed by atoms with van der Waals surface area (Å²) in [6.45, 7) is 4.87. The van der Waals surface area contributed by atoms with Gasteiger partial charge in [-0.3, -0.25) is 4.98 Å². The molecule has 0 aliphatic heterocycles. The summed E-state index contributed by atoms with van der Waals surface area (Å²) < 4.78 is 0. The molecule has 2 aliphatic carbocycles. The quantitative estimate of drug-likeness (QED) is 0.204. The number of benzene rings is 3. The lowest BCUT2D eigenvalue weighted by Crippen LogP contribution is -2.42. The Hall–Kier alpha value is -5.20. The van der Waals surface area contributed by atoms with Gasteiger partial charge in [-0.05, 0) is 96.2 Å². The number of fused-ring (bicyclic) bond motifs is 2. The Kier molecular flexibility index (Phi) is 7.43. The number of hydrogen-bond acceptors (Lipinski definition) is 6. The summed E-state index contributed by atoms with van der Waals surface area (Å²) in [6, 6.07) is 30.8. The molecule has 6 nitrogen and oxygen atoms in total. The van der Waals surface area contributed by atoms with Crippen molar-refractivity contribution in [2.24, 2.45) is 17.8 Å². The van der Waals surface area contributed by atoms with Crippen LogP contribution in [0.25, 0.3) is 45.3 Å². The molecule has 2 aromatic heterocycles. The van der Waals surface area contributed by atoms with Gasteiger partial charge in [0.25, 0.3) is 0 Å². The highest BCUT2D eigenvalue weighted by molar-refractivity contribution is 5.73. The van der Waals surface area contributed by atoms with Crippen LogP contribution in [0.3, 0.4) is 0 Å². The molecule has 0 saturated heterocycles. The number of pyridine rings is 1. The van der Waals surface area contributed by atoms with Crippen molar-refractivity contribution in [3.63, 3.8) is 0 Å². The zero-order chi connectivity index (χ0) is 31.0. The van der Waals surface area contributed by atoms with E-state index < -0.39 is 0 Å². The molecule has 2 saturated carbocycles. The van der Waals surface area contributed by atoms with Crippen molar-refractivity contribution in [2.45, 2.75) is 51.4 Å². The van der Waals surface area contributed by atoms with Gasteiger partial charge in [0.15, 0.2) is 17.5 Å². The highest BCUT2D eigenvalue weighted by Crippen LogP contribution is 2.54. The van der Waals surface area contributed by atoms with Gasteiger partial charge in [0.1, 0.15) is 6.07 Å². The van der Waals surface area contributed by atoms with Crippen molar-refractivity contribution in [2.75, 3.05) is 0 Å². The van der Waals surface area contributed by atoms with E-state index in [0.29, 0.717) is 45.1 Å². The third kappa shape index (κ3) is 5.73. The Morgan fingerprint density at radius 2 is 1.18 bits per heavy atom. The summed E-state index contributed by atoms with van der Waals surface area (Å²) in [6.07, 6.45) is 9.82. The maximum Gasteiger partial charge on any atom is 0.165 e. The molecule has 0 N–H and O–H groups in total. The molecule has 2 aliphatic rings. The fourth-order valence-electron chi connectivity index (χ4n) is 8.03. The van der Waals surface area contributed by atoms with Crippen LogP contribution in [0.2, 0.25) is 0 Å². The van der Waals surface area contributed by atoms with Gasteiger partial charge in [0.05, 0.1) is 17.2 Å². The summed E-state index contributed by atoms with van der Waals surface area (Å²) in [7, 11) is 0. The van der Waals surface area contributed by atoms with Crippen LogP contribution in [0.1, 0.15) is 62.6 Å². The lowest BCUT2D eigenvalue weighted by atomic mass is 9.54. The molecule has 6 heteroatoms. The first-order valence-electron chi connectivity index (χ1n) is 15.7. The predicted molar refractivity (Wildman–Crippen MR) is 175 cm³/mol. The molecule has 3 aromatic carbocycles. The lowest BCUT2D eigenvalue weighted by molar-refractivity contribution is 0.0780. The molecule has 220 valence electrons. The summed E-state index contributed by atoms with van der Waals surface area (Å²) >= 11 is 0. The maximum absolute atomic E-state index is 9.49. The van der Waals surface area contributed by atoms with Gasteiger partial charge in [0.2, 0.25) is 0 Å². The van der Waals surface area contributed by atoms with E-state index in [0.717, 1.165) is 34.4 Å². The molecule has 5 aromatic rings. The second-order valence-electron chi connectivity index (χ2n) is 13.2. The van der Waals surface area contributed by atoms with Crippen LogP contribution < -0.4 is 0 Å². The molecular formula is C39H34N6. The smallest absolute Gasteiger partial charge is 0.165 e. The average Bonchev–Trinajstić information content (AvgIpc) is 3.07. The number of rotatable bonds is 5. The van der Waals surface area contributed by atoms with E-state index in [1.54, 1.807) is 24.4 Å². The summed E-state index contributed by atoms with van der Waals surface area (Å²) in [5.74, 6) is 3.79. The molecule has 4 atom stereocenters. The number of nitrogens with zero attached hydrogens (tertiary/aromatic N) is 6. The van der Waals surface area contributed by atoms with Gasteiger partial charge >= 0.3 is 0 Å². The maximum atomic E-state index is 9.49. The van der Waals surface area contributed by atoms with Gasteiger partial charge in [-0.1, -0.05) is 68.4 Å². The SMILES string of the molecule is C[C@@H]1CC2C[C@H](C)CC(c3ccc(-c4cccc(-c5nc(-c6cccc(C#N)c6)nc(-c6cncc(C#N)c6)n5)c4)cc3)(C2)C1. The van der Waals surface area contributed by atoms with E-state index in [4.69, 9.17) is 15.0 Å².